The van der Waals surface area contributed by atoms with Gasteiger partial charge in [0.15, 0.2) is 0 Å². The summed E-state index contributed by atoms with van der Waals surface area (Å²) in [7, 11) is 0. The molecule has 0 spiro atoms. The molecule has 0 unspecified atom stereocenters. The van der Waals surface area contributed by atoms with Crippen LogP contribution >= 0.6 is 11.8 Å². The highest BCUT2D eigenvalue weighted by molar-refractivity contribution is 7.98. The van der Waals surface area contributed by atoms with E-state index < -0.39 is 0 Å². The largest absolute Gasteiger partial charge is 0.321 e. The summed E-state index contributed by atoms with van der Waals surface area (Å²) in [5.74, 6) is 0.326. The third-order valence-corrected chi connectivity index (χ3v) is 4.31. The number of hydrogen-bond acceptors (Lipinski definition) is 2. The summed E-state index contributed by atoms with van der Waals surface area (Å²) >= 11 is 1.59. The van der Waals surface area contributed by atoms with Crippen LogP contribution in [0.4, 0.5) is 5.69 Å². The highest BCUT2D eigenvalue weighted by Crippen LogP contribution is 2.29. The van der Waals surface area contributed by atoms with Crippen LogP contribution in [0.15, 0.2) is 47.4 Å². The standard InChI is InChI=1S/C18H21NOS/c1-12(2)14-10-7-8-13(3)17(14)19-18(20)15-9-5-6-11-16(15)21-4/h5-12H,1-4H3,(H,19,20). The maximum absolute atomic E-state index is 12.6. The summed E-state index contributed by atoms with van der Waals surface area (Å²) in [5, 5.41) is 3.10. The number of hydrogen-bond donors (Lipinski definition) is 1. The van der Waals surface area contributed by atoms with Crippen molar-refractivity contribution in [1.82, 2.24) is 0 Å². The van der Waals surface area contributed by atoms with E-state index in [0.717, 1.165) is 21.7 Å². The number of nitrogens with one attached hydrogen (secondary N) is 1. The summed E-state index contributed by atoms with van der Waals surface area (Å²) in [4.78, 5) is 13.6. The van der Waals surface area contributed by atoms with Crippen LogP contribution in [0.2, 0.25) is 0 Å². The van der Waals surface area contributed by atoms with Gasteiger partial charge in [0.05, 0.1) is 5.56 Å². The van der Waals surface area contributed by atoms with Crippen molar-refractivity contribution in [2.75, 3.05) is 11.6 Å². The zero-order chi connectivity index (χ0) is 15.4. The smallest absolute Gasteiger partial charge is 0.256 e. The van der Waals surface area contributed by atoms with Gasteiger partial charge in [-0.15, -0.1) is 11.8 Å². The summed E-state index contributed by atoms with van der Waals surface area (Å²) < 4.78 is 0. The Labute approximate surface area is 131 Å². The monoisotopic (exact) mass is 299 g/mol. The second-order valence-corrected chi connectivity index (χ2v) is 6.20. The van der Waals surface area contributed by atoms with Crippen LogP contribution in [0.25, 0.3) is 0 Å². The minimum Gasteiger partial charge on any atom is -0.321 e. The molecule has 3 heteroatoms. The Bertz CT molecular complexity index is 649. The number of anilines is 1. The number of aryl methyl sites for hydroxylation is 1. The van der Waals surface area contributed by atoms with Gasteiger partial charge in [0.1, 0.15) is 0 Å². The first kappa shape index (κ1) is 15.6. The number of carbonyl (C=O) groups is 1. The minimum absolute atomic E-state index is 0.0452. The molecule has 1 amide bonds. The molecule has 21 heavy (non-hydrogen) atoms. The number of carbonyl (C=O) groups excluding carboxylic acids is 1. The van der Waals surface area contributed by atoms with Gasteiger partial charge < -0.3 is 5.32 Å². The minimum atomic E-state index is -0.0452. The average Bonchev–Trinajstić information content (AvgIpc) is 2.48. The Morgan fingerprint density at radius 1 is 1.10 bits per heavy atom. The second kappa shape index (κ2) is 6.81. The lowest BCUT2D eigenvalue weighted by Crippen LogP contribution is -2.15. The van der Waals surface area contributed by atoms with Gasteiger partial charge in [0.25, 0.3) is 5.91 Å². The van der Waals surface area contributed by atoms with Gasteiger partial charge in [0.2, 0.25) is 0 Å². The van der Waals surface area contributed by atoms with E-state index in [2.05, 4.69) is 25.2 Å². The molecule has 2 aromatic rings. The third kappa shape index (κ3) is 3.48. The van der Waals surface area contributed by atoms with Crippen LogP contribution < -0.4 is 5.32 Å². The molecule has 0 radical (unpaired) electrons. The van der Waals surface area contributed by atoms with Gasteiger partial charge >= 0.3 is 0 Å². The van der Waals surface area contributed by atoms with E-state index in [0.29, 0.717) is 5.92 Å². The zero-order valence-corrected chi connectivity index (χ0v) is 13.8. The van der Waals surface area contributed by atoms with Gasteiger partial charge in [-0.1, -0.05) is 44.2 Å². The molecule has 2 aromatic carbocycles. The Morgan fingerprint density at radius 2 is 1.81 bits per heavy atom. The van der Waals surface area contributed by atoms with Crippen LogP contribution in [0.3, 0.4) is 0 Å². The molecule has 0 saturated heterocycles. The molecular formula is C18H21NOS. The lowest BCUT2D eigenvalue weighted by Gasteiger charge is -2.17. The lowest BCUT2D eigenvalue weighted by atomic mass is 9.98. The maximum atomic E-state index is 12.6. The molecule has 0 aromatic heterocycles. The fourth-order valence-corrected chi connectivity index (χ4v) is 2.95. The topological polar surface area (TPSA) is 29.1 Å². The van der Waals surface area contributed by atoms with Crippen molar-refractivity contribution in [3.63, 3.8) is 0 Å². The summed E-state index contributed by atoms with van der Waals surface area (Å²) in [6.07, 6.45) is 1.99. The maximum Gasteiger partial charge on any atom is 0.256 e. The molecule has 0 aliphatic rings. The molecule has 2 nitrogen and oxygen atoms in total. The van der Waals surface area contributed by atoms with Gasteiger partial charge in [-0.3, -0.25) is 4.79 Å². The van der Waals surface area contributed by atoms with Crippen LogP contribution in [0.1, 0.15) is 41.3 Å². The van der Waals surface area contributed by atoms with Crippen molar-refractivity contribution in [2.45, 2.75) is 31.6 Å². The molecule has 0 atom stereocenters. The Morgan fingerprint density at radius 3 is 2.48 bits per heavy atom. The third-order valence-electron chi connectivity index (χ3n) is 3.52. The van der Waals surface area contributed by atoms with Crippen molar-refractivity contribution < 1.29 is 4.79 Å². The molecule has 0 fully saturated rings. The quantitative estimate of drug-likeness (QED) is 0.796. The Balaban J connectivity index is 2.36. The van der Waals surface area contributed by atoms with Gasteiger partial charge in [0, 0.05) is 10.6 Å². The fourth-order valence-electron chi connectivity index (χ4n) is 2.36. The van der Waals surface area contributed by atoms with Crippen LogP contribution in [0, 0.1) is 6.92 Å². The van der Waals surface area contributed by atoms with Gasteiger partial charge in [-0.2, -0.15) is 0 Å². The molecule has 0 heterocycles. The Hall–Kier alpha value is -1.74. The summed E-state index contributed by atoms with van der Waals surface area (Å²) in [5.41, 5.74) is 3.93. The molecule has 2 rings (SSSR count). The second-order valence-electron chi connectivity index (χ2n) is 5.35. The molecule has 1 N–H and O–H groups in total. The normalized spacial score (nSPS) is 10.7. The van der Waals surface area contributed by atoms with Crippen LogP contribution in [-0.4, -0.2) is 12.2 Å². The Kier molecular flexibility index (Phi) is 5.07. The van der Waals surface area contributed by atoms with E-state index >= 15 is 0 Å². The van der Waals surface area contributed by atoms with E-state index in [4.69, 9.17) is 0 Å². The molecule has 0 aliphatic carbocycles. The molecule has 0 bridgehead atoms. The number of para-hydroxylation sites is 1. The van der Waals surface area contributed by atoms with Gasteiger partial charge in [-0.25, -0.2) is 0 Å². The molecular weight excluding hydrogens is 278 g/mol. The van der Waals surface area contributed by atoms with E-state index in [-0.39, 0.29) is 5.91 Å². The van der Waals surface area contributed by atoms with Crippen molar-refractivity contribution >= 4 is 23.4 Å². The molecule has 110 valence electrons. The number of thioether (sulfide) groups is 1. The van der Waals surface area contributed by atoms with Crippen LogP contribution in [0.5, 0.6) is 0 Å². The molecule has 0 aliphatic heterocycles. The van der Waals surface area contributed by atoms with Crippen molar-refractivity contribution in [1.29, 1.82) is 0 Å². The zero-order valence-electron chi connectivity index (χ0n) is 12.9. The summed E-state index contributed by atoms with van der Waals surface area (Å²) in [6, 6.07) is 13.8. The van der Waals surface area contributed by atoms with E-state index in [1.807, 2.05) is 49.6 Å². The van der Waals surface area contributed by atoms with E-state index in [9.17, 15) is 4.79 Å². The fraction of sp³-hybridized carbons (Fsp3) is 0.278. The van der Waals surface area contributed by atoms with E-state index in [1.54, 1.807) is 11.8 Å². The first-order valence-corrected chi connectivity index (χ1v) is 8.31. The number of rotatable bonds is 4. The van der Waals surface area contributed by atoms with Crippen molar-refractivity contribution in [3.05, 3.63) is 59.2 Å². The SMILES string of the molecule is CSc1ccccc1C(=O)Nc1c(C)cccc1C(C)C. The average molecular weight is 299 g/mol. The van der Waals surface area contributed by atoms with E-state index in [1.165, 1.54) is 5.56 Å². The van der Waals surface area contributed by atoms with Crippen LogP contribution in [-0.2, 0) is 0 Å². The first-order chi connectivity index (χ1) is 10.0. The van der Waals surface area contributed by atoms with Gasteiger partial charge in [-0.05, 0) is 42.4 Å². The lowest BCUT2D eigenvalue weighted by molar-refractivity contribution is 0.102. The first-order valence-electron chi connectivity index (χ1n) is 7.08. The molecule has 0 saturated carbocycles. The number of benzene rings is 2. The predicted octanol–water partition coefficient (Wildman–Crippen LogP) is 5.09. The highest BCUT2D eigenvalue weighted by atomic mass is 32.2. The van der Waals surface area contributed by atoms with Crippen molar-refractivity contribution in [3.8, 4) is 0 Å². The predicted molar refractivity (Wildman–Crippen MR) is 91.4 cm³/mol. The number of amides is 1. The van der Waals surface area contributed by atoms with Crippen molar-refractivity contribution in [2.24, 2.45) is 0 Å². The summed E-state index contributed by atoms with van der Waals surface area (Å²) in [6.45, 7) is 6.31. The highest BCUT2D eigenvalue weighted by Gasteiger charge is 2.15.